The second-order valence-corrected chi connectivity index (χ2v) is 14.0. The summed E-state index contributed by atoms with van der Waals surface area (Å²) >= 11 is 5.94. The van der Waals surface area contributed by atoms with E-state index in [1.165, 1.54) is 29.2 Å². The molecule has 49 heavy (non-hydrogen) atoms. The molecule has 1 saturated heterocycles. The predicted molar refractivity (Wildman–Crippen MR) is 172 cm³/mol. The molecule has 262 valence electrons. The first-order valence-electron chi connectivity index (χ1n) is 15.4. The largest absolute Gasteiger partial charge is 0.469 e. The van der Waals surface area contributed by atoms with Crippen molar-refractivity contribution < 1.29 is 46.6 Å². The molecule has 12 nitrogen and oxygen atoms in total. The smallest absolute Gasteiger partial charge is 0.411 e. The Hall–Kier alpha value is -4.72. The molecule has 2 atom stereocenters. The SMILES string of the molecule is COC(=O)C1=C(c2ccc(OCc3cc(-c4c(F)ccc(F)c4Cl)no3)nc2)CC2CN(C(=O)OC(C)(C)C)CC1N2C(=O)OC(C)(C)C. The molecule has 2 aromatic heterocycles. The van der Waals surface area contributed by atoms with Crippen LogP contribution in [-0.4, -0.2) is 81.6 Å². The lowest BCUT2D eigenvalue weighted by molar-refractivity contribution is -0.137. The molecule has 1 fully saturated rings. The van der Waals surface area contributed by atoms with Crippen LogP contribution in [0.4, 0.5) is 18.4 Å². The average Bonchev–Trinajstić information content (AvgIpc) is 3.48. The summed E-state index contributed by atoms with van der Waals surface area (Å²) in [5.74, 6) is -1.83. The Kier molecular flexibility index (Phi) is 9.91. The fourth-order valence-corrected chi connectivity index (χ4v) is 5.92. The number of piperazine rings is 1. The molecule has 3 aromatic rings. The number of hydrogen-bond donors (Lipinski definition) is 0. The zero-order valence-corrected chi connectivity index (χ0v) is 28.9. The van der Waals surface area contributed by atoms with E-state index in [0.29, 0.717) is 11.1 Å². The third-order valence-corrected chi connectivity index (χ3v) is 7.99. The number of ether oxygens (including phenoxy) is 4. The standard InChI is InChI=1S/C34H37ClF2N4O8/c1-33(2,3)47-31(43)40-15-19-12-21(27(30(42)45-7)25(16-40)41(19)32(44)48-34(4,5)6)18-8-11-26(38-14-18)46-17-20-13-24(39-49-20)28-22(36)9-10-23(37)29(28)35/h8-11,13-14,19,25H,12,15-17H2,1-7H3. The van der Waals surface area contributed by atoms with E-state index in [2.05, 4.69) is 10.1 Å². The normalized spacial score (nSPS) is 17.9. The minimum atomic E-state index is -0.898. The fourth-order valence-electron chi connectivity index (χ4n) is 5.67. The molecule has 0 spiro atoms. The minimum Gasteiger partial charge on any atom is -0.469 e. The van der Waals surface area contributed by atoms with Crippen molar-refractivity contribution in [3.8, 4) is 17.1 Å². The number of hydrogen-bond acceptors (Lipinski definition) is 10. The lowest BCUT2D eigenvalue weighted by Crippen LogP contribution is -2.65. The first kappa shape index (κ1) is 35.6. The van der Waals surface area contributed by atoms with Crippen molar-refractivity contribution in [1.82, 2.24) is 19.9 Å². The Morgan fingerprint density at radius 3 is 2.29 bits per heavy atom. The maximum absolute atomic E-state index is 14.3. The maximum atomic E-state index is 14.3. The highest BCUT2D eigenvalue weighted by Crippen LogP contribution is 2.40. The number of esters is 1. The van der Waals surface area contributed by atoms with E-state index >= 15 is 0 Å². The van der Waals surface area contributed by atoms with Crippen molar-refractivity contribution in [3.05, 3.63) is 70.1 Å². The van der Waals surface area contributed by atoms with Crippen LogP contribution in [0.1, 0.15) is 59.3 Å². The van der Waals surface area contributed by atoms with Gasteiger partial charge in [-0.2, -0.15) is 0 Å². The van der Waals surface area contributed by atoms with Crippen LogP contribution in [0.15, 0.2) is 46.6 Å². The summed E-state index contributed by atoms with van der Waals surface area (Å²) in [6, 6.07) is 5.07. The van der Waals surface area contributed by atoms with E-state index in [0.717, 1.165) is 12.1 Å². The van der Waals surface area contributed by atoms with Crippen molar-refractivity contribution in [2.24, 2.45) is 0 Å². The first-order chi connectivity index (χ1) is 23.0. The van der Waals surface area contributed by atoms with Crippen LogP contribution in [0.2, 0.25) is 5.02 Å². The number of carbonyl (C=O) groups excluding carboxylic acids is 3. The summed E-state index contributed by atoms with van der Waals surface area (Å²) in [5, 5.41) is 3.36. The number of fused-ring (bicyclic) bond motifs is 2. The van der Waals surface area contributed by atoms with E-state index in [1.807, 2.05) is 0 Å². The predicted octanol–water partition coefficient (Wildman–Crippen LogP) is 6.80. The van der Waals surface area contributed by atoms with Gasteiger partial charge in [0.25, 0.3) is 0 Å². The van der Waals surface area contributed by atoms with E-state index in [9.17, 15) is 23.2 Å². The molecule has 2 aliphatic rings. The van der Waals surface area contributed by atoms with Gasteiger partial charge in [0, 0.05) is 31.4 Å². The number of aromatic nitrogens is 2. The third kappa shape index (κ3) is 7.96. The molecule has 5 rings (SSSR count). The van der Waals surface area contributed by atoms with Gasteiger partial charge in [0.1, 0.15) is 28.5 Å². The van der Waals surface area contributed by atoms with E-state index in [-0.39, 0.29) is 54.6 Å². The van der Waals surface area contributed by atoms with Gasteiger partial charge in [0.15, 0.2) is 12.4 Å². The van der Waals surface area contributed by atoms with Crippen molar-refractivity contribution in [2.75, 3.05) is 20.2 Å². The summed E-state index contributed by atoms with van der Waals surface area (Å²) in [6.45, 7) is 10.5. The van der Waals surface area contributed by atoms with Gasteiger partial charge in [0.2, 0.25) is 5.88 Å². The lowest BCUT2D eigenvalue weighted by Gasteiger charge is -2.50. The van der Waals surface area contributed by atoms with Gasteiger partial charge in [0.05, 0.1) is 35.4 Å². The number of methoxy groups -OCH3 is 1. The average molecular weight is 703 g/mol. The molecule has 2 amide bonds. The highest BCUT2D eigenvalue weighted by Gasteiger charge is 2.49. The van der Waals surface area contributed by atoms with E-state index < -0.39 is 58.1 Å². The molecule has 15 heteroatoms. The van der Waals surface area contributed by atoms with Crippen LogP contribution in [0.25, 0.3) is 16.8 Å². The van der Waals surface area contributed by atoms with Crippen LogP contribution in [0, 0.1) is 11.6 Å². The Morgan fingerprint density at radius 1 is 0.980 bits per heavy atom. The number of pyridine rings is 1. The second kappa shape index (κ2) is 13.7. The summed E-state index contributed by atoms with van der Waals surface area (Å²) in [5.41, 5.74) is -0.426. The quantitative estimate of drug-likeness (QED) is 0.153. The Labute approximate surface area is 286 Å². The zero-order chi connectivity index (χ0) is 35.8. The second-order valence-electron chi connectivity index (χ2n) is 13.6. The van der Waals surface area contributed by atoms with Gasteiger partial charge >= 0.3 is 18.2 Å². The number of benzene rings is 1. The Balaban J connectivity index is 1.41. The third-order valence-electron chi connectivity index (χ3n) is 7.62. The van der Waals surface area contributed by atoms with Gasteiger partial charge < -0.3 is 28.4 Å². The number of halogens is 3. The van der Waals surface area contributed by atoms with Gasteiger partial charge in [-0.05, 0) is 77.3 Å². The first-order valence-corrected chi connectivity index (χ1v) is 15.8. The lowest BCUT2D eigenvalue weighted by atomic mass is 9.82. The number of carbonyl (C=O) groups is 3. The molecule has 0 N–H and O–H groups in total. The van der Waals surface area contributed by atoms with Crippen molar-refractivity contribution in [3.63, 3.8) is 0 Å². The molecular formula is C34H37ClF2N4O8. The molecule has 1 aromatic carbocycles. The van der Waals surface area contributed by atoms with Gasteiger partial charge in [-0.15, -0.1) is 0 Å². The number of amides is 2. The molecular weight excluding hydrogens is 666 g/mol. The molecule has 2 aliphatic heterocycles. The topological polar surface area (TPSA) is 134 Å². The molecule has 4 heterocycles. The van der Waals surface area contributed by atoms with Crippen LogP contribution < -0.4 is 4.74 Å². The van der Waals surface area contributed by atoms with Crippen LogP contribution >= 0.6 is 11.6 Å². The molecule has 2 unspecified atom stereocenters. The molecule has 0 saturated carbocycles. The summed E-state index contributed by atoms with van der Waals surface area (Å²) in [4.78, 5) is 47.4. The van der Waals surface area contributed by atoms with Crippen LogP contribution in [0.5, 0.6) is 5.88 Å². The van der Waals surface area contributed by atoms with Crippen molar-refractivity contribution in [2.45, 2.75) is 77.9 Å². The molecule has 0 aliphatic carbocycles. The summed E-state index contributed by atoms with van der Waals surface area (Å²) < 4.78 is 55.7. The van der Waals surface area contributed by atoms with Crippen molar-refractivity contribution >= 4 is 35.3 Å². The zero-order valence-electron chi connectivity index (χ0n) is 28.1. The highest BCUT2D eigenvalue weighted by atomic mass is 35.5. The number of rotatable bonds is 6. The van der Waals surface area contributed by atoms with Gasteiger partial charge in [-0.25, -0.2) is 28.1 Å². The van der Waals surface area contributed by atoms with Crippen molar-refractivity contribution in [1.29, 1.82) is 0 Å². The van der Waals surface area contributed by atoms with Gasteiger partial charge in [-0.3, -0.25) is 4.90 Å². The van der Waals surface area contributed by atoms with Crippen LogP contribution in [0.3, 0.4) is 0 Å². The Bertz CT molecular complexity index is 1780. The fraction of sp³-hybridized carbons (Fsp3) is 0.441. The molecule has 0 radical (unpaired) electrons. The monoisotopic (exact) mass is 702 g/mol. The van der Waals surface area contributed by atoms with E-state index in [1.54, 1.807) is 53.7 Å². The number of nitrogens with zero attached hydrogens (tertiary/aromatic N) is 4. The van der Waals surface area contributed by atoms with Crippen LogP contribution in [-0.2, 0) is 25.6 Å². The summed E-state index contributed by atoms with van der Waals surface area (Å²) in [6.07, 6.45) is 0.518. The summed E-state index contributed by atoms with van der Waals surface area (Å²) in [7, 11) is 1.24. The maximum Gasteiger partial charge on any atom is 0.411 e. The van der Waals surface area contributed by atoms with Gasteiger partial charge in [-0.1, -0.05) is 16.8 Å². The highest BCUT2D eigenvalue weighted by molar-refractivity contribution is 6.33. The van der Waals surface area contributed by atoms with E-state index in [4.69, 9.17) is 35.1 Å². The minimum absolute atomic E-state index is 0.000286. The Morgan fingerprint density at radius 2 is 1.65 bits per heavy atom. The molecule has 2 bridgehead atoms.